The number of aliphatic hydroxyl groups is 1. The fourth-order valence-corrected chi connectivity index (χ4v) is 1.15. The molecule has 3 nitrogen and oxygen atoms in total. The Kier molecular flexibility index (Phi) is 4.24. The summed E-state index contributed by atoms with van der Waals surface area (Å²) in [4.78, 5) is 0. The molecule has 0 aliphatic rings. The number of rotatable bonds is 5. The molecule has 1 atom stereocenters. The number of terminal acetylenes is 1. The Hall–Kier alpha value is -1.24. The van der Waals surface area contributed by atoms with Crippen LogP contribution < -0.4 is 5.32 Å². The van der Waals surface area contributed by atoms with Gasteiger partial charge >= 0.3 is 0 Å². The van der Waals surface area contributed by atoms with Crippen molar-refractivity contribution in [2.24, 2.45) is 0 Å². The van der Waals surface area contributed by atoms with Crippen molar-refractivity contribution < 1.29 is 9.52 Å². The fraction of sp³-hybridized carbons (Fsp3) is 0.455. The van der Waals surface area contributed by atoms with Gasteiger partial charge in [-0.2, -0.15) is 0 Å². The van der Waals surface area contributed by atoms with E-state index < -0.39 is 0 Å². The third-order valence-electron chi connectivity index (χ3n) is 2.01. The van der Waals surface area contributed by atoms with Crippen LogP contribution in [0.2, 0.25) is 0 Å². The Labute approximate surface area is 84.1 Å². The Morgan fingerprint density at radius 3 is 2.79 bits per heavy atom. The second-order valence-electron chi connectivity index (χ2n) is 3.03. The molecule has 14 heavy (non-hydrogen) atoms. The van der Waals surface area contributed by atoms with Gasteiger partial charge in [0.15, 0.2) is 0 Å². The second kappa shape index (κ2) is 5.48. The summed E-state index contributed by atoms with van der Waals surface area (Å²) >= 11 is 0. The van der Waals surface area contributed by atoms with Crippen molar-refractivity contribution in [3.8, 4) is 12.3 Å². The molecule has 0 saturated heterocycles. The highest BCUT2D eigenvalue weighted by Gasteiger charge is 2.04. The van der Waals surface area contributed by atoms with Gasteiger partial charge in [-0.25, -0.2) is 0 Å². The van der Waals surface area contributed by atoms with Crippen LogP contribution in [-0.4, -0.2) is 11.1 Å². The molecule has 0 spiro atoms. The molecule has 0 saturated carbocycles. The van der Waals surface area contributed by atoms with Crippen molar-refractivity contribution in [3.05, 3.63) is 23.7 Å². The summed E-state index contributed by atoms with van der Waals surface area (Å²) in [7, 11) is 0. The van der Waals surface area contributed by atoms with E-state index in [0.29, 0.717) is 12.3 Å². The first-order valence-electron chi connectivity index (χ1n) is 4.68. The molecule has 0 radical (unpaired) electrons. The van der Waals surface area contributed by atoms with Crippen molar-refractivity contribution >= 4 is 0 Å². The van der Waals surface area contributed by atoms with Crippen LogP contribution in [0.3, 0.4) is 0 Å². The van der Waals surface area contributed by atoms with Gasteiger partial charge in [0.25, 0.3) is 0 Å². The summed E-state index contributed by atoms with van der Waals surface area (Å²) in [6, 6.07) is 3.67. The van der Waals surface area contributed by atoms with E-state index in [4.69, 9.17) is 15.9 Å². The summed E-state index contributed by atoms with van der Waals surface area (Å²) < 4.78 is 5.29. The average Bonchev–Trinajstić information content (AvgIpc) is 2.67. The maximum atomic E-state index is 8.77. The van der Waals surface area contributed by atoms with E-state index in [1.54, 1.807) is 6.07 Å². The normalized spacial score (nSPS) is 12.4. The standard InChI is InChI=1S/C11H15NO2/c1-3-9(4-2)12-7-10-5-6-11(8-13)14-10/h1,5-6,9,12-13H,4,7-8H2,2H3. The van der Waals surface area contributed by atoms with Gasteiger partial charge in [0.2, 0.25) is 0 Å². The fourth-order valence-electron chi connectivity index (χ4n) is 1.15. The summed E-state index contributed by atoms with van der Waals surface area (Å²) in [6.45, 7) is 2.56. The molecular weight excluding hydrogens is 178 g/mol. The van der Waals surface area contributed by atoms with Crippen LogP contribution in [0.5, 0.6) is 0 Å². The van der Waals surface area contributed by atoms with Crippen molar-refractivity contribution in [1.82, 2.24) is 5.32 Å². The summed E-state index contributed by atoms with van der Waals surface area (Å²) in [5.41, 5.74) is 0. The van der Waals surface area contributed by atoms with Gasteiger partial charge in [-0.1, -0.05) is 12.8 Å². The van der Waals surface area contributed by atoms with Crippen LogP contribution in [0.25, 0.3) is 0 Å². The first kappa shape index (κ1) is 10.8. The predicted octanol–water partition coefficient (Wildman–Crippen LogP) is 1.27. The molecule has 0 fully saturated rings. The lowest BCUT2D eigenvalue weighted by Crippen LogP contribution is -2.25. The van der Waals surface area contributed by atoms with E-state index in [1.165, 1.54) is 0 Å². The lowest BCUT2D eigenvalue weighted by molar-refractivity contribution is 0.242. The zero-order valence-corrected chi connectivity index (χ0v) is 8.29. The molecule has 1 unspecified atom stereocenters. The molecule has 1 heterocycles. The van der Waals surface area contributed by atoms with Gasteiger partial charge in [0.05, 0.1) is 12.6 Å². The summed E-state index contributed by atoms with van der Waals surface area (Å²) in [5, 5.41) is 11.9. The van der Waals surface area contributed by atoms with Crippen LogP contribution >= 0.6 is 0 Å². The molecule has 1 aromatic heterocycles. The van der Waals surface area contributed by atoms with Crippen molar-refractivity contribution in [3.63, 3.8) is 0 Å². The van der Waals surface area contributed by atoms with Crippen molar-refractivity contribution in [1.29, 1.82) is 0 Å². The molecule has 2 N–H and O–H groups in total. The highest BCUT2D eigenvalue weighted by Crippen LogP contribution is 2.07. The van der Waals surface area contributed by atoms with E-state index in [2.05, 4.69) is 11.2 Å². The first-order valence-corrected chi connectivity index (χ1v) is 4.68. The number of furan rings is 1. The lowest BCUT2D eigenvalue weighted by atomic mass is 10.2. The van der Waals surface area contributed by atoms with Crippen LogP contribution in [-0.2, 0) is 13.2 Å². The first-order chi connectivity index (χ1) is 6.80. The minimum absolute atomic E-state index is 0.0631. The van der Waals surface area contributed by atoms with E-state index in [1.807, 2.05) is 13.0 Å². The highest BCUT2D eigenvalue weighted by atomic mass is 16.4. The van der Waals surface area contributed by atoms with E-state index in [9.17, 15) is 0 Å². The smallest absolute Gasteiger partial charge is 0.129 e. The average molecular weight is 193 g/mol. The Morgan fingerprint density at radius 2 is 2.29 bits per heavy atom. The van der Waals surface area contributed by atoms with Gasteiger partial charge in [-0.05, 0) is 18.6 Å². The number of nitrogens with one attached hydrogen (secondary N) is 1. The van der Waals surface area contributed by atoms with Crippen LogP contribution in [0.4, 0.5) is 0 Å². The molecule has 0 aliphatic carbocycles. The quantitative estimate of drug-likeness (QED) is 0.692. The molecule has 0 aliphatic heterocycles. The number of hydrogen-bond acceptors (Lipinski definition) is 3. The molecule has 0 aromatic carbocycles. The largest absolute Gasteiger partial charge is 0.462 e. The Bertz CT molecular complexity index is 311. The number of hydrogen-bond donors (Lipinski definition) is 2. The van der Waals surface area contributed by atoms with Crippen molar-refractivity contribution in [2.75, 3.05) is 0 Å². The van der Waals surface area contributed by atoms with Gasteiger partial charge < -0.3 is 9.52 Å². The summed E-state index contributed by atoms with van der Waals surface area (Å²) in [5.74, 6) is 4.01. The predicted molar refractivity (Wildman–Crippen MR) is 54.4 cm³/mol. The molecule has 0 amide bonds. The van der Waals surface area contributed by atoms with Gasteiger partial charge in [0, 0.05) is 0 Å². The maximum Gasteiger partial charge on any atom is 0.129 e. The molecule has 1 rings (SSSR count). The molecule has 0 bridgehead atoms. The third kappa shape index (κ3) is 2.91. The minimum atomic E-state index is -0.0631. The maximum absolute atomic E-state index is 8.77. The molecule has 1 aromatic rings. The summed E-state index contributed by atoms with van der Waals surface area (Å²) in [6.07, 6.45) is 6.19. The van der Waals surface area contributed by atoms with Crippen LogP contribution in [0.1, 0.15) is 24.9 Å². The zero-order valence-electron chi connectivity index (χ0n) is 8.29. The SMILES string of the molecule is C#CC(CC)NCc1ccc(CO)o1. The lowest BCUT2D eigenvalue weighted by Gasteiger charge is -2.08. The molecule has 76 valence electrons. The third-order valence-corrected chi connectivity index (χ3v) is 2.01. The second-order valence-corrected chi connectivity index (χ2v) is 3.03. The monoisotopic (exact) mass is 193 g/mol. The van der Waals surface area contributed by atoms with Crippen LogP contribution in [0, 0.1) is 12.3 Å². The van der Waals surface area contributed by atoms with Gasteiger partial charge in [-0.15, -0.1) is 6.42 Å². The van der Waals surface area contributed by atoms with Gasteiger partial charge in [0.1, 0.15) is 18.1 Å². The minimum Gasteiger partial charge on any atom is -0.462 e. The number of aliphatic hydroxyl groups excluding tert-OH is 1. The van der Waals surface area contributed by atoms with E-state index in [0.717, 1.165) is 12.2 Å². The van der Waals surface area contributed by atoms with Gasteiger partial charge in [-0.3, -0.25) is 5.32 Å². The van der Waals surface area contributed by atoms with Crippen LogP contribution in [0.15, 0.2) is 16.5 Å². The van der Waals surface area contributed by atoms with Crippen molar-refractivity contribution in [2.45, 2.75) is 32.5 Å². The topological polar surface area (TPSA) is 45.4 Å². The molecular formula is C11H15NO2. The van der Waals surface area contributed by atoms with E-state index in [-0.39, 0.29) is 12.6 Å². The Morgan fingerprint density at radius 1 is 1.57 bits per heavy atom. The zero-order chi connectivity index (χ0) is 10.4. The van der Waals surface area contributed by atoms with E-state index >= 15 is 0 Å². The molecule has 3 heteroatoms. The highest BCUT2D eigenvalue weighted by molar-refractivity contribution is 5.07. The Balaban J connectivity index is 2.41.